The molecule has 0 nitrogen and oxygen atoms in total. The molecule has 0 aromatic heterocycles. The van der Waals surface area contributed by atoms with Crippen LogP contribution >= 0.6 is 0 Å². The van der Waals surface area contributed by atoms with E-state index in [2.05, 4.69) is 148 Å². The molecule has 0 atom stereocenters. The molecule has 0 heterocycles. The van der Waals surface area contributed by atoms with Gasteiger partial charge in [-0.05, 0) is 93.5 Å². The summed E-state index contributed by atoms with van der Waals surface area (Å²) >= 11 is 1.74. The minimum atomic E-state index is 0. The third-order valence-electron chi connectivity index (χ3n) is 11.0. The molecule has 0 fully saturated rings. The number of rotatable bonds is 6. The van der Waals surface area contributed by atoms with Gasteiger partial charge in [-0.15, -0.1) is 69.1 Å². The van der Waals surface area contributed by atoms with Crippen LogP contribution in [0.1, 0.15) is 60.1 Å². The van der Waals surface area contributed by atoms with Crippen molar-refractivity contribution < 1.29 is 48.1 Å². The van der Waals surface area contributed by atoms with Gasteiger partial charge in [-0.25, -0.2) is 0 Å². The van der Waals surface area contributed by atoms with Crippen LogP contribution in [0, 0.1) is 0 Å². The Labute approximate surface area is 349 Å². The molecule has 2 aliphatic carbocycles. The van der Waals surface area contributed by atoms with E-state index in [0.717, 1.165) is 12.8 Å². The van der Waals surface area contributed by atoms with Crippen molar-refractivity contribution in [2.75, 3.05) is 0 Å². The van der Waals surface area contributed by atoms with E-state index in [-0.39, 0.29) is 30.2 Å². The molecule has 2 aliphatic rings. The fourth-order valence-corrected chi connectivity index (χ4v) is 8.89. The van der Waals surface area contributed by atoms with Crippen LogP contribution in [0.2, 0.25) is 13.1 Å². The molecule has 0 saturated carbocycles. The molecule has 0 radical (unpaired) electrons. The number of fused-ring (bicyclic) bond motifs is 2. The zero-order chi connectivity index (χ0) is 35.8. The van der Waals surface area contributed by atoms with Crippen LogP contribution in [0.5, 0.6) is 0 Å². The summed E-state index contributed by atoms with van der Waals surface area (Å²) in [6.07, 6.45) is 9.50. The van der Waals surface area contributed by atoms with Crippen molar-refractivity contribution in [1.29, 1.82) is 0 Å². The summed E-state index contributed by atoms with van der Waals surface area (Å²) in [5.74, 6) is 0. The van der Waals surface area contributed by atoms with Crippen molar-refractivity contribution in [3.8, 4) is 22.3 Å². The maximum Gasteiger partial charge on any atom is -1.00 e. The van der Waals surface area contributed by atoms with Crippen molar-refractivity contribution in [2.24, 2.45) is 0 Å². The third kappa shape index (κ3) is 7.88. The van der Waals surface area contributed by atoms with Crippen LogP contribution in [0.3, 0.4) is 0 Å². The van der Waals surface area contributed by atoms with Crippen LogP contribution in [0.15, 0.2) is 121 Å². The van der Waals surface area contributed by atoms with Gasteiger partial charge in [-0.3, -0.25) is 0 Å². The van der Waals surface area contributed by atoms with E-state index in [1.165, 1.54) is 137 Å². The Balaban J connectivity index is 0.000000162. The average Bonchev–Trinajstić information content (AvgIpc) is 3.95. The van der Waals surface area contributed by atoms with Crippen LogP contribution in [-0.4, -0.2) is 5.43 Å². The van der Waals surface area contributed by atoms with Crippen LogP contribution < -0.4 is 24.8 Å². The molecule has 0 bridgehead atoms. The zero-order valence-corrected chi connectivity index (χ0v) is 36.9. The van der Waals surface area contributed by atoms with E-state index in [1.54, 1.807) is 23.3 Å². The van der Waals surface area contributed by atoms with E-state index in [0.29, 0.717) is 0 Å². The van der Waals surface area contributed by atoms with E-state index >= 15 is 0 Å². The van der Waals surface area contributed by atoms with Gasteiger partial charge in [0.1, 0.15) is 0 Å². The van der Waals surface area contributed by atoms with E-state index in [4.69, 9.17) is 0 Å². The first-order chi connectivity index (χ1) is 25.4. The summed E-state index contributed by atoms with van der Waals surface area (Å²) in [7, 11) is 0. The number of halogens is 2. The molecule has 0 spiro atoms. The van der Waals surface area contributed by atoms with Gasteiger partial charge >= 0.3 is 41.9 Å². The van der Waals surface area contributed by atoms with Gasteiger partial charge in [0.25, 0.3) is 0 Å². The number of benzene rings is 6. The van der Waals surface area contributed by atoms with Crippen molar-refractivity contribution >= 4 is 48.5 Å². The molecule has 8 aromatic carbocycles. The van der Waals surface area contributed by atoms with Gasteiger partial charge in [0.15, 0.2) is 0 Å². The Hall–Kier alpha value is -3.26. The Bertz CT molecular complexity index is 2400. The van der Waals surface area contributed by atoms with Crippen molar-refractivity contribution in [1.82, 2.24) is 0 Å². The number of hydrogen-bond donors (Lipinski definition) is 0. The van der Waals surface area contributed by atoms with Crippen molar-refractivity contribution in [3.63, 3.8) is 0 Å². The zero-order valence-electron chi connectivity index (χ0n) is 32.0. The fraction of sp³-hybridized carbons (Fsp3) is 0.240. The second-order valence-electron chi connectivity index (χ2n) is 15.1. The molecule has 0 N–H and O–H groups in total. The quantitative estimate of drug-likeness (QED) is 0.119. The summed E-state index contributed by atoms with van der Waals surface area (Å²) in [6, 6.07) is 46.0. The van der Waals surface area contributed by atoms with E-state index in [1.807, 2.05) is 0 Å². The minimum absolute atomic E-state index is 0. The average molecular weight is 839 g/mol. The predicted molar refractivity (Wildman–Crippen MR) is 225 cm³/mol. The molecular weight excluding hydrogens is 791 g/mol. The molecule has 8 aromatic rings. The maximum atomic E-state index is 2.40. The molecule has 0 unspecified atom stereocenters. The van der Waals surface area contributed by atoms with E-state index in [9.17, 15) is 0 Å². The molecule has 0 aliphatic heterocycles. The smallest absolute Gasteiger partial charge is 1.00 e. The Kier molecular flexibility index (Phi) is 13.2. The van der Waals surface area contributed by atoms with Crippen LogP contribution in [0.4, 0.5) is 0 Å². The topological polar surface area (TPSA) is 0 Å². The Morgan fingerprint density at radius 2 is 0.833 bits per heavy atom. The van der Waals surface area contributed by atoms with Crippen molar-refractivity contribution in [2.45, 2.75) is 78.3 Å². The largest absolute Gasteiger partial charge is 1.00 e. The first-order valence-electron chi connectivity index (χ1n) is 19.4. The normalized spacial score (nSPS) is 12.3. The van der Waals surface area contributed by atoms with Crippen molar-refractivity contribution in [3.05, 3.63) is 155 Å². The SMILES string of the molecule is CCCc1cc2c(-c3ccc4c5c(cccc35)CC4)cccc2[cH-]1.CCCc1cc2c(-c3ccc4c5c(cccc35)CC4)cccc2[cH-]1.C[Si](C)=[Zr+2].[Cl-].[Cl-]. The fourth-order valence-electron chi connectivity index (χ4n) is 8.89. The maximum absolute atomic E-state index is 2.40. The second kappa shape index (κ2) is 17.7. The second-order valence-corrected chi connectivity index (χ2v) is 24.4. The molecule has 0 amide bonds. The van der Waals surface area contributed by atoms with Crippen LogP contribution in [0.25, 0.3) is 65.3 Å². The summed E-state index contributed by atoms with van der Waals surface area (Å²) in [6.45, 7) is 9.12. The molecule has 10 rings (SSSR count). The van der Waals surface area contributed by atoms with Gasteiger partial charge in [-0.2, -0.15) is 12.1 Å². The van der Waals surface area contributed by atoms with Gasteiger partial charge in [0, 0.05) is 0 Å². The van der Waals surface area contributed by atoms with Gasteiger partial charge in [0.05, 0.1) is 0 Å². The third-order valence-corrected chi connectivity index (χ3v) is 11.0. The first-order valence-corrected chi connectivity index (χ1v) is 25.6. The summed E-state index contributed by atoms with van der Waals surface area (Å²) in [4.78, 5) is 0. The first kappa shape index (κ1) is 40.4. The molecule has 272 valence electrons. The van der Waals surface area contributed by atoms with Gasteiger partial charge in [0.2, 0.25) is 0 Å². The Morgan fingerprint density at radius 3 is 1.22 bits per heavy atom. The standard InChI is InChI=1S/2C24H21.C2H6Si.2ClH.Zr/c2*1-2-5-16-14-19-7-4-8-20(23(19)15-16)21-13-12-18-11-10-17-6-3-9-22(21)24(17)18;1-3-2;;;/h2*3-4,6-9,12-15H,2,5,10-11H2,1H3;1-2H3;2*1H;/q2*-1;;;;+2/p-2. The number of aryl methyl sites for hydroxylation is 6. The molecule has 54 heavy (non-hydrogen) atoms. The molecular formula is C50H48Cl2SiZr-2. The molecule has 0 saturated heterocycles. The van der Waals surface area contributed by atoms with Gasteiger partial charge in [-0.1, -0.05) is 111 Å². The van der Waals surface area contributed by atoms with Crippen LogP contribution in [-0.2, 0) is 61.9 Å². The predicted octanol–water partition coefficient (Wildman–Crippen LogP) is 7.65. The monoisotopic (exact) mass is 836 g/mol. The number of hydrogen-bond acceptors (Lipinski definition) is 0. The van der Waals surface area contributed by atoms with E-state index < -0.39 is 0 Å². The summed E-state index contributed by atoms with van der Waals surface area (Å²) < 4.78 is 0. The summed E-state index contributed by atoms with van der Waals surface area (Å²) in [5, 5.41) is 11.4. The minimum Gasteiger partial charge on any atom is -1.00 e. The Morgan fingerprint density at radius 1 is 0.481 bits per heavy atom. The molecule has 4 heteroatoms. The summed E-state index contributed by atoms with van der Waals surface area (Å²) in [5.41, 5.74) is 14.7. The van der Waals surface area contributed by atoms with Gasteiger partial charge < -0.3 is 24.8 Å².